The van der Waals surface area contributed by atoms with Crippen molar-refractivity contribution >= 4 is 21.8 Å². The van der Waals surface area contributed by atoms with Gasteiger partial charge in [0.15, 0.2) is 0 Å². The highest BCUT2D eigenvalue weighted by atomic mass is 32.2. The maximum Gasteiger partial charge on any atom is 0.240 e. The van der Waals surface area contributed by atoms with E-state index in [2.05, 4.69) is 9.62 Å². The molecule has 0 unspecified atom stereocenters. The van der Waals surface area contributed by atoms with Crippen molar-refractivity contribution in [3.8, 4) is 0 Å². The molecule has 0 saturated carbocycles. The molecule has 1 aromatic carbocycles. The van der Waals surface area contributed by atoms with Crippen LogP contribution in [0.3, 0.4) is 0 Å². The SMILES string of the molecule is Cc1c(CN)cccc1S(=O)(=O)NCCN1CCSCC1. The van der Waals surface area contributed by atoms with Crippen LogP contribution < -0.4 is 10.5 Å². The Labute approximate surface area is 131 Å². The summed E-state index contributed by atoms with van der Waals surface area (Å²) in [4.78, 5) is 2.63. The van der Waals surface area contributed by atoms with Gasteiger partial charge in [-0.15, -0.1) is 0 Å². The van der Waals surface area contributed by atoms with Crippen LogP contribution in [0.5, 0.6) is 0 Å². The van der Waals surface area contributed by atoms with Crippen LogP contribution in [0.1, 0.15) is 11.1 Å². The van der Waals surface area contributed by atoms with Crippen molar-refractivity contribution in [2.45, 2.75) is 18.4 Å². The highest BCUT2D eigenvalue weighted by Gasteiger charge is 2.18. The van der Waals surface area contributed by atoms with E-state index in [1.165, 1.54) is 0 Å². The maximum atomic E-state index is 12.4. The van der Waals surface area contributed by atoms with Crippen LogP contribution in [0.15, 0.2) is 23.1 Å². The van der Waals surface area contributed by atoms with E-state index < -0.39 is 10.0 Å². The molecule has 118 valence electrons. The largest absolute Gasteiger partial charge is 0.326 e. The lowest BCUT2D eigenvalue weighted by Gasteiger charge is -2.26. The Hall–Kier alpha value is -0.600. The van der Waals surface area contributed by atoms with Gasteiger partial charge in [-0.3, -0.25) is 0 Å². The lowest BCUT2D eigenvalue weighted by atomic mass is 10.1. The predicted octanol–water partition coefficient (Wildman–Crippen LogP) is 0.781. The molecule has 2 rings (SSSR count). The minimum Gasteiger partial charge on any atom is -0.326 e. The number of benzene rings is 1. The summed E-state index contributed by atoms with van der Waals surface area (Å²) >= 11 is 1.95. The third-order valence-electron chi connectivity index (χ3n) is 3.73. The molecule has 3 N–H and O–H groups in total. The molecule has 1 heterocycles. The van der Waals surface area contributed by atoms with E-state index >= 15 is 0 Å². The first-order valence-corrected chi connectivity index (χ1v) is 9.76. The third kappa shape index (κ3) is 4.43. The summed E-state index contributed by atoms with van der Waals surface area (Å²) < 4.78 is 27.5. The molecule has 1 aliphatic rings. The quantitative estimate of drug-likeness (QED) is 0.807. The van der Waals surface area contributed by atoms with E-state index in [-0.39, 0.29) is 0 Å². The zero-order chi connectivity index (χ0) is 15.3. The van der Waals surface area contributed by atoms with E-state index in [0.717, 1.165) is 42.3 Å². The first-order valence-electron chi connectivity index (χ1n) is 7.13. The second kappa shape index (κ2) is 7.60. The fraction of sp³-hybridized carbons (Fsp3) is 0.571. The molecule has 1 saturated heterocycles. The van der Waals surface area contributed by atoms with Gasteiger partial charge in [-0.05, 0) is 24.1 Å². The average molecular weight is 329 g/mol. The average Bonchev–Trinajstić information content (AvgIpc) is 2.48. The molecule has 1 fully saturated rings. The molecule has 1 aliphatic heterocycles. The summed E-state index contributed by atoms with van der Waals surface area (Å²) in [5.41, 5.74) is 7.24. The van der Waals surface area contributed by atoms with Gasteiger partial charge in [0.2, 0.25) is 10.0 Å². The van der Waals surface area contributed by atoms with Gasteiger partial charge >= 0.3 is 0 Å². The minimum atomic E-state index is -3.46. The van der Waals surface area contributed by atoms with Gasteiger partial charge in [0, 0.05) is 44.2 Å². The number of hydrogen-bond acceptors (Lipinski definition) is 5. The van der Waals surface area contributed by atoms with E-state index in [1.807, 2.05) is 17.8 Å². The highest BCUT2D eigenvalue weighted by molar-refractivity contribution is 7.99. The van der Waals surface area contributed by atoms with Crippen LogP contribution in [0.25, 0.3) is 0 Å². The Bertz CT molecular complexity index is 570. The second-order valence-corrected chi connectivity index (χ2v) is 8.06. The molecule has 0 bridgehead atoms. The van der Waals surface area contributed by atoms with Gasteiger partial charge < -0.3 is 10.6 Å². The third-order valence-corrected chi connectivity index (χ3v) is 6.28. The molecule has 0 aromatic heterocycles. The molecule has 1 aromatic rings. The van der Waals surface area contributed by atoms with E-state index in [1.54, 1.807) is 19.1 Å². The molecular formula is C14H23N3O2S2. The van der Waals surface area contributed by atoms with Crippen molar-refractivity contribution in [1.29, 1.82) is 0 Å². The summed E-state index contributed by atoms with van der Waals surface area (Å²) in [6.07, 6.45) is 0. The standard InChI is InChI=1S/C14H23N3O2S2/c1-12-13(11-15)3-2-4-14(12)21(18,19)16-5-6-17-7-9-20-10-8-17/h2-4,16H,5-11,15H2,1H3. The topological polar surface area (TPSA) is 75.4 Å². The Morgan fingerprint density at radius 2 is 2.05 bits per heavy atom. The molecule has 0 atom stereocenters. The van der Waals surface area contributed by atoms with Crippen LogP contribution in [0.4, 0.5) is 0 Å². The first kappa shape index (κ1) is 16.8. The number of sulfonamides is 1. The molecular weight excluding hydrogens is 306 g/mol. The van der Waals surface area contributed by atoms with Gasteiger partial charge in [-0.25, -0.2) is 13.1 Å². The normalized spacial score (nSPS) is 17.0. The second-order valence-electron chi connectivity index (χ2n) is 5.10. The smallest absolute Gasteiger partial charge is 0.240 e. The van der Waals surface area contributed by atoms with Crippen LogP contribution >= 0.6 is 11.8 Å². The molecule has 5 nitrogen and oxygen atoms in total. The zero-order valence-corrected chi connectivity index (χ0v) is 14.0. The highest BCUT2D eigenvalue weighted by Crippen LogP contribution is 2.18. The Morgan fingerprint density at radius 3 is 2.71 bits per heavy atom. The van der Waals surface area contributed by atoms with Gasteiger partial charge in [0.25, 0.3) is 0 Å². The van der Waals surface area contributed by atoms with E-state index in [0.29, 0.717) is 18.0 Å². The number of thioether (sulfide) groups is 1. The van der Waals surface area contributed by atoms with Crippen LogP contribution in [0, 0.1) is 6.92 Å². The Kier molecular flexibility index (Phi) is 6.07. The summed E-state index contributed by atoms with van der Waals surface area (Å²) in [5, 5.41) is 0. The summed E-state index contributed by atoms with van der Waals surface area (Å²) in [7, 11) is -3.46. The molecule has 7 heteroatoms. The van der Waals surface area contributed by atoms with E-state index in [9.17, 15) is 8.42 Å². The fourth-order valence-corrected chi connectivity index (χ4v) is 4.70. The first-order chi connectivity index (χ1) is 10.0. The van der Waals surface area contributed by atoms with Crippen molar-refractivity contribution in [3.63, 3.8) is 0 Å². The molecule has 0 radical (unpaired) electrons. The Balaban J connectivity index is 1.98. The fourth-order valence-electron chi connectivity index (χ4n) is 2.41. The number of nitrogens with zero attached hydrogens (tertiary/aromatic N) is 1. The lowest BCUT2D eigenvalue weighted by molar-refractivity contribution is 0.307. The van der Waals surface area contributed by atoms with Crippen LogP contribution in [0.2, 0.25) is 0 Å². The van der Waals surface area contributed by atoms with Gasteiger partial charge in [-0.2, -0.15) is 11.8 Å². The van der Waals surface area contributed by atoms with Crippen molar-refractivity contribution in [3.05, 3.63) is 29.3 Å². The molecule has 0 amide bonds. The van der Waals surface area contributed by atoms with Gasteiger partial charge in [0.1, 0.15) is 0 Å². The van der Waals surface area contributed by atoms with Gasteiger partial charge in [0.05, 0.1) is 4.90 Å². The van der Waals surface area contributed by atoms with Crippen molar-refractivity contribution in [1.82, 2.24) is 9.62 Å². The molecule has 0 aliphatic carbocycles. The van der Waals surface area contributed by atoms with Crippen molar-refractivity contribution < 1.29 is 8.42 Å². The molecule has 0 spiro atoms. The summed E-state index contributed by atoms with van der Waals surface area (Å²) in [6.45, 7) is 5.43. The zero-order valence-electron chi connectivity index (χ0n) is 12.3. The molecule has 21 heavy (non-hydrogen) atoms. The predicted molar refractivity (Wildman–Crippen MR) is 88.0 cm³/mol. The Morgan fingerprint density at radius 1 is 1.33 bits per heavy atom. The monoisotopic (exact) mass is 329 g/mol. The van der Waals surface area contributed by atoms with Crippen LogP contribution in [-0.2, 0) is 16.6 Å². The van der Waals surface area contributed by atoms with E-state index in [4.69, 9.17) is 5.73 Å². The van der Waals surface area contributed by atoms with Crippen LogP contribution in [-0.4, -0.2) is 51.0 Å². The number of nitrogens with one attached hydrogen (secondary N) is 1. The van der Waals surface area contributed by atoms with Crippen molar-refractivity contribution in [2.75, 3.05) is 37.7 Å². The number of rotatable bonds is 6. The summed E-state index contributed by atoms with van der Waals surface area (Å²) in [5.74, 6) is 2.26. The summed E-state index contributed by atoms with van der Waals surface area (Å²) in [6, 6.07) is 5.24. The maximum absolute atomic E-state index is 12.4. The lowest BCUT2D eigenvalue weighted by Crippen LogP contribution is -2.39. The van der Waals surface area contributed by atoms with Gasteiger partial charge in [-0.1, -0.05) is 12.1 Å². The van der Waals surface area contributed by atoms with Crippen molar-refractivity contribution in [2.24, 2.45) is 5.73 Å². The number of hydrogen-bond donors (Lipinski definition) is 2. The number of nitrogens with two attached hydrogens (primary N) is 1. The minimum absolute atomic E-state index is 0.333.